The summed E-state index contributed by atoms with van der Waals surface area (Å²) in [6, 6.07) is 0.425. The summed E-state index contributed by atoms with van der Waals surface area (Å²) in [6.07, 6.45) is 2.63. The summed E-state index contributed by atoms with van der Waals surface area (Å²) in [4.78, 5) is 10.7. The molecule has 0 aliphatic rings. The quantitative estimate of drug-likeness (QED) is 0.823. The zero-order valence-electron chi connectivity index (χ0n) is 11.3. The molecule has 0 bridgehead atoms. The van der Waals surface area contributed by atoms with E-state index >= 15 is 0 Å². The summed E-state index contributed by atoms with van der Waals surface area (Å²) in [5.74, 6) is 2.28. The van der Waals surface area contributed by atoms with Gasteiger partial charge in [0.25, 0.3) is 0 Å². The van der Waals surface area contributed by atoms with Crippen LogP contribution in [0.5, 0.6) is 5.75 Å². The van der Waals surface area contributed by atoms with Gasteiger partial charge in [-0.15, -0.1) is 0 Å². The van der Waals surface area contributed by atoms with E-state index in [1.807, 2.05) is 7.05 Å². The maximum absolute atomic E-state index is 5.42. The van der Waals surface area contributed by atoms with Crippen molar-refractivity contribution in [2.45, 2.75) is 33.2 Å². The molecule has 1 atom stereocenters. The first-order valence-corrected chi connectivity index (χ1v) is 6.02. The van der Waals surface area contributed by atoms with Crippen molar-refractivity contribution in [3.8, 4) is 5.75 Å². The van der Waals surface area contributed by atoms with E-state index in [0.717, 1.165) is 24.6 Å². The average molecular weight is 238 g/mol. The SMILES string of the molecule is CCC(C)N(CC)c1ncnc(NC)c1OC. The van der Waals surface area contributed by atoms with Gasteiger partial charge in [-0.05, 0) is 20.3 Å². The molecule has 1 rings (SSSR count). The molecular weight excluding hydrogens is 216 g/mol. The summed E-state index contributed by atoms with van der Waals surface area (Å²) >= 11 is 0. The Hall–Kier alpha value is -1.52. The number of nitrogens with one attached hydrogen (secondary N) is 1. The van der Waals surface area contributed by atoms with Crippen LogP contribution in [0, 0.1) is 0 Å². The lowest BCUT2D eigenvalue weighted by atomic mass is 10.2. The van der Waals surface area contributed by atoms with Gasteiger partial charge in [0.1, 0.15) is 6.33 Å². The minimum atomic E-state index is 0.425. The van der Waals surface area contributed by atoms with E-state index in [9.17, 15) is 0 Å². The van der Waals surface area contributed by atoms with Gasteiger partial charge >= 0.3 is 0 Å². The van der Waals surface area contributed by atoms with Crippen LogP contribution in [0.2, 0.25) is 0 Å². The van der Waals surface area contributed by atoms with Gasteiger partial charge in [0, 0.05) is 19.6 Å². The number of nitrogens with zero attached hydrogens (tertiary/aromatic N) is 3. The lowest BCUT2D eigenvalue weighted by Crippen LogP contribution is -2.33. The van der Waals surface area contributed by atoms with Crippen molar-refractivity contribution in [1.29, 1.82) is 0 Å². The molecule has 0 saturated heterocycles. The van der Waals surface area contributed by atoms with Crippen LogP contribution in [0.15, 0.2) is 6.33 Å². The Morgan fingerprint density at radius 1 is 1.41 bits per heavy atom. The number of methoxy groups -OCH3 is 1. The Kier molecular flexibility index (Phi) is 5.00. The van der Waals surface area contributed by atoms with Crippen molar-refractivity contribution in [2.75, 3.05) is 30.9 Å². The molecular formula is C12H22N4O. The molecule has 0 spiro atoms. The average Bonchev–Trinajstić information content (AvgIpc) is 2.38. The third-order valence-electron chi connectivity index (χ3n) is 2.96. The smallest absolute Gasteiger partial charge is 0.204 e. The Morgan fingerprint density at radius 2 is 2.12 bits per heavy atom. The number of hydrogen-bond acceptors (Lipinski definition) is 5. The van der Waals surface area contributed by atoms with Crippen LogP contribution in [0.3, 0.4) is 0 Å². The molecule has 0 radical (unpaired) electrons. The van der Waals surface area contributed by atoms with Crippen molar-refractivity contribution in [3.63, 3.8) is 0 Å². The van der Waals surface area contributed by atoms with Crippen LogP contribution in [-0.4, -0.2) is 36.7 Å². The number of aromatic nitrogens is 2. The third kappa shape index (κ3) is 2.78. The molecule has 1 unspecified atom stereocenters. The number of ether oxygens (including phenoxy) is 1. The first kappa shape index (κ1) is 13.5. The lowest BCUT2D eigenvalue weighted by molar-refractivity contribution is 0.410. The van der Waals surface area contributed by atoms with Gasteiger partial charge in [-0.1, -0.05) is 6.92 Å². The van der Waals surface area contributed by atoms with Crippen LogP contribution in [0.1, 0.15) is 27.2 Å². The van der Waals surface area contributed by atoms with Crippen molar-refractivity contribution >= 4 is 11.6 Å². The molecule has 5 nitrogen and oxygen atoms in total. The molecule has 1 aromatic heterocycles. The fourth-order valence-corrected chi connectivity index (χ4v) is 1.83. The van der Waals surface area contributed by atoms with Gasteiger partial charge in [0.05, 0.1) is 7.11 Å². The fraction of sp³-hybridized carbons (Fsp3) is 0.667. The molecule has 1 N–H and O–H groups in total. The molecule has 0 fully saturated rings. The number of anilines is 2. The van der Waals surface area contributed by atoms with Gasteiger partial charge in [-0.2, -0.15) is 0 Å². The fourth-order valence-electron chi connectivity index (χ4n) is 1.83. The molecule has 1 heterocycles. The summed E-state index contributed by atoms with van der Waals surface area (Å²) in [5.41, 5.74) is 0. The summed E-state index contributed by atoms with van der Waals surface area (Å²) in [6.45, 7) is 7.36. The largest absolute Gasteiger partial charge is 0.490 e. The first-order valence-electron chi connectivity index (χ1n) is 6.02. The van der Waals surface area contributed by atoms with Crippen molar-refractivity contribution < 1.29 is 4.74 Å². The Balaban J connectivity index is 3.18. The van der Waals surface area contributed by atoms with E-state index in [0.29, 0.717) is 11.8 Å². The molecule has 5 heteroatoms. The monoisotopic (exact) mass is 238 g/mol. The molecule has 96 valence electrons. The normalized spacial score (nSPS) is 12.1. The third-order valence-corrected chi connectivity index (χ3v) is 2.96. The lowest BCUT2D eigenvalue weighted by Gasteiger charge is -2.29. The molecule has 0 aliphatic carbocycles. The zero-order chi connectivity index (χ0) is 12.8. The van der Waals surface area contributed by atoms with Gasteiger partial charge in [-0.25, -0.2) is 9.97 Å². The van der Waals surface area contributed by atoms with Crippen LogP contribution in [0.25, 0.3) is 0 Å². The summed E-state index contributed by atoms with van der Waals surface area (Å²) < 4.78 is 5.42. The Labute approximate surface area is 103 Å². The minimum absolute atomic E-state index is 0.425. The topological polar surface area (TPSA) is 50.3 Å². The van der Waals surface area contributed by atoms with Crippen LogP contribution in [-0.2, 0) is 0 Å². The maximum atomic E-state index is 5.42. The zero-order valence-corrected chi connectivity index (χ0v) is 11.3. The molecule has 0 aromatic carbocycles. The first-order chi connectivity index (χ1) is 8.19. The minimum Gasteiger partial charge on any atom is -0.490 e. The van der Waals surface area contributed by atoms with Crippen LogP contribution < -0.4 is 15.0 Å². The van der Waals surface area contributed by atoms with Crippen molar-refractivity contribution in [3.05, 3.63) is 6.33 Å². The highest BCUT2D eigenvalue weighted by atomic mass is 16.5. The second-order valence-electron chi connectivity index (χ2n) is 3.87. The maximum Gasteiger partial charge on any atom is 0.204 e. The second-order valence-corrected chi connectivity index (χ2v) is 3.87. The van der Waals surface area contributed by atoms with Gasteiger partial charge in [0.15, 0.2) is 11.6 Å². The van der Waals surface area contributed by atoms with E-state index < -0.39 is 0 Å². The van der Waals surface area contributed by atoms with E-state index in [1.54, 1.807) is 13.4 Å². The van der Waals surface area contributed by atoms with Crippen molar-refractivity contribution in [2.24, 2.45) is 0 Å². The summed E-state index contributed by atoms with van der Waals surface area (Å²) in [7, 11) is 3.47. The predicted octanol–water partition coefficient (Wildman–Crippen LogP) is 2.15. The highest BCUT2D eigenvalue weighted by Crippen LogP contribution is 2.32. The molecule has 17 heavy (non-hydrogen) atoms. The molecule has 0 amide bonds. The van der Waals surface area contributed by atoms with Gasteiger partial charge < -0.3 is 15.0 Å². The van der Waals surface area contributed by atoms with Gasteiger partial charge in [-0.3, -0.25) is 0 Å². The molecule has 0 saturated carbocycles. The molecule has 0 aliphatic heterocycles. The van der Waals surface area contributed by atoms with Crippen LogP contribution >= 0.6 is 0 Å². The highest BCUT2D eigenvalue weighted by molar-refractivity contribution is 5.64. The number of rotatable bonds is 6. The second kappa shape index (κ2) is 6.27. The highest BCUT2D eigenvalue weighted by Gasteiger charge is 2.19. The summed E-state index contributed by atoms with van der Waals surface area (Å²) in [5, 5.41) is 3.02. The van der Waals surface area contributed by atoms with E-state index in [2.05, 4.69) is 41.0 Å². The van der Waals surface area contributed by atoms with E-state index in [-0.39, 0.29) is 0 Å². The standard InChI is InChI=1S/C12H22N4O/c1-6-9(3)16(7-2)12-10(17-5)11(13-4)14-8-15-12/h8-9H,6-7H2,1-5H3,(H,13,14,15). The van der Waals surface area contributed by atoms with Crippen molar-refractivity contribution in [1.82, 2.24) is 9.97 Å². The Bertz CT molecular complexity index is 356. The van der Waals surface area contributed by atoms with Gasteiger partial charge in [0.2, 0.25) is 5.75 Å². The Morgan fingerprint density at radius 3 is 2.59 bits per heavy atom. The van der Waals surface area contributed by atoms with Crippen LogP contribution in [0.4, 0.5) is 11.6 Å². The van der Waals surface area contributed by atoms with E-state index in [1.165, 1.54) is 0 Å². The number of hydrogen-bond donors (Lipinski definition) is 1. The predicted molar refractivity (Wildman–Crippen MR) is 70.9 cm³/mol. The van der Waals surface area contributed by atoms with E-state index in [4.69, 9.17) is 4.74 Å². The molecule has 1 aromatic rings.